The number of rotatable bonds is 5. The second-order valence-electron chi connectivity index (χ2n) is 8.41. The molecule has 3 rings (SSSR count). The highest BCUT2D eigenvalue weighted by atomic mass is 32.2. The van der Waals surface area contributed by atoms with Gasteiger partial charge in [0.1, 0.15) is 5.56 Å². The highest BCUT2D eigenvalue weighted by molar-refractivity contribution is 7.89. The molecule has 0 aliphatic carbocycles. The van der Waals surface area contributed by atoms with E-state index < -0.39 is 10.0 Å². The Morgan fingerprint density at radius 3 is 2.31 bits per heavy atom. The molecule has 2 aromatic rings. The summed E-state index contributed by atoms with van der Waals surface area (Å²) >= 11 is 0. The molecule has 0 unspecified atom stereocenters. The average Bonchev–Trinajstić information content (AvgIpc) is 3.03. The fraction of sp³-hybridized carbons (Fsp3) is 0.524. The number of amides is 1. The maximum atomic E-state index is 13.0. The van der Waals surface area contributed by atoms with Gasteiger partial charge in [0.25, 0.3) is 5.91 Å². The molecule has 1 amide bonds. The lowest BCUT2D eigenvalue weighted by Gasteiger charge is -2.34. The van der Waals surface area contributed by atoms with E-state index in [4.69, 9.17) is 4.52 Å². The number of hydrogen-bond donors (Lipinski definition) is 1. The Morgan fingerprint density at radius 2 is 1.76 bits per heavy atom. The Morgan fingerprint density at radius 1 is 1.17 bits per heavy atom. The van der Waals surface area contributed by atoms with Crippen LogP contribution in [0.15, 0.2) is 33.7 Å². The predicted octanol–water partition coefficient (Wildman–Crippen LogP) is 4.03. The topological polar surface area (TPSA) is 92.5 Å². The fourth-order valence-electron chi connectivity index (χ4n) is 3.91. The Balaban J connectivity index is 1.77. The van der Waals surface area contributed by atoms with Gasteiger partial charge in [-0.2, -0.15) is 4.31 Å². The largest absolute Gasteiger partial charge is 0.360 e. The summed E-state index contributed by atoms with van der Waals surface area (Å²) in [4.78, 5) is 12.9. The lowest BCUT2D eigenvalue weighted by atomic mass is 9.94. The van der Waals surface area contributed by atoms with Crippen LogP contribution in [-0.2, 0) is 10.0 Å². The summed E-state index contributed by atoms with van der Waals surface area (Å²) in [7, 11) is -3.55. The lowest BCUT2D eigenvalue weighted by Crippen LogP contribution is -2.42. The van der Waals surface area contributed by atoms with Crippen LogP contribution in [0.1, 0.15) is 61.8 Å². The molecule has 2 heterocycles. The van der Waals surface area contributed by atoms with Gasteiger partial charge in [-0.25, -0.2) is 8.42 Å². The first kappa shape index (κ1) is 21.5. The summed E-state index contributed by atoms with van der Waals surface area (Å²) in [6.07, 6.45) is 1.04. The summed E-state index contributed by atoms with van der Waals surface area (Å²) < 4.78 is 32.8. The van der Waals surface area contributed by atoms with Gasteiger partial charge in [-0.3, -0.25) is 4.79 Å². The van der Waals surface area contributed by atoms with Gasteiger partial charge < -0.3 is 9.84 Å². The van der Waals surface area contributed by atoms with Gasteiger partial charge in [0, 0.05) is 24.7 Å². The van der Waals surface area contributed by atoms with E-state index in [0.29, 0.717) is 47.6 Å². The van der Waals surface area contributed by atoms with Crippen molar-refractivity contribution < 1.29 is 17.7 Å². The smallest absolute Gasteiger partial charge is 0.261 e. The van der Waals surface area contributed by atoms with Crippen molar-refractivity contribution in [2.75, 3.05) is 18.4 Å². The SMILES string of the molecule is Cc1noc(C(C)C)c1C(=O)Nc1ccc(S(=O)(=O)N2C[C@H](C)C[C@H](C)C2)cc1. The zero-order valence-electron chi connectivity index (χ0n) is 17.6. The number of carbonyl (C=O) groups excluding carboxylic acids is 1. The van der Waals surface area contributed by atoms with Gasteiger partial charge in [-0.15, -0.1) is 0 Å². The van der Waals surface area contributed by atoms with Crippen molar-refractivity contribution in [1.29, 1.82) is 0 Å². The quantitative estimate of drug-likeness (QED) is 0.790. The van der Waals surface area contributed by atoms with E-state index in [2.05, 4.69) is 24.3 Å². The predicted molar refractivity (Wildman–Crippen MR) is 111 cm³/mol. The van der Waals surface area contributed by atoms with Crippen LogP contribution in [0.3, 0.4) is 0 Å². The summed E-state index contributed by atoms with van der Waals surface area (Å²) in [5.41, 5.74) is 1.47. The van der Waals surface area contributed by atoms with E-state index in [1.165, 1.54) is 0 Å². The van der Waals surface area contributed by atoms with Crippen LogP contribution in [-0.4, -0.2) is 36.9 Å². The molecular weight excluding hydrogens is 390 g/mol. The number of nitrogens with one attached hydrogen (secondary N) is 1. The van der Waals surface area contributed by atoms with Gasteiger partial charge in [0.15, 0.2) is 5.76 Å². The maximum absolute atomic E-state index is 13.0. The minimum absolute atomic E-state index is 0.0267. The molecule has 158 valence electrons. The number of carbonyl (C=O) groups is 1. The molecule has 1 aliphatic rings. The molecule has 7 nitrogen and oxygen atoms in total. The second-order valence-corrected chi connectivity index (χ2v) is 10.3. The van der Waals surface area contributed by atoms with Crippen molar-refractivity contribution in [2.24, 2.45) is 11.8 Å². The standard InChI is InChI=1S/C21H29N3O4S/c1-13(2)20-19(16(5)23-28-20)21(25)22-17-6-8-18(9-7-17)29(26,27)24-11-14(3)10-15(4)12-24/h6-9,13-15H,10-12H2,1-5H3,(H,22,25)/t14-,15+. The highest BCUT2D eigenvalue weighted by Crippen LogP contribution is 2.28. The monoisotopic (exact) mass is 419 g/mol. The molecular formula is C21H29N3O4S. The first-order valence-corrected chi connectivity index (χ1v) is 11.4. The molecule has 0 spiro atoms. The summed E-state index contributed by atoms with van der Waals surface area (Å²) in [6, 6.07) is 6.30. The van der Waals surface area contributed by atoms with Crippen LogP contribution in [0.25, 0.3) is 0 Å². The minimum atomic E-state index is -3.55. The molecule has 0 radical (unpaired) electrons. The summed E-state index contributed by atoms with van der Waals surface area (Å²) in [5.74, 6) is 0.927. The second kappa shape index (κ2) is 8.28. The van der Waals surface area contributed by atoms with E-state index in [-0.39, 0.29) is 16.7 Å². The Hall–Kier alpha value is -2.19. The number of sulfonamides is 1. The molecule has 0 saturated carbocycles. The summed E-state index contributed by atoms with van der Waals surface area (Å²) in [6.45, 7) is 10.8. The van der Waals surface area contributed by atoms with E-state index in [1.807, 2.05) is 13.8 Å². The molecule has 29 heavy (non-hydrogen) atoms. The van der Waals surface area contributed by atoms with Gasteiger partial charge in [0.2, 0.25) is 10.0 Å². The van der Waals surface area contributed by atoms with Crippen molar-refractivity contribution in [1.82, 2.24) is 9.46 Å². The van der Waals surface area contributed by atoms with E-state index >= 15 is 0 Å². The molecule has 2 atom stereocenters. The van der Waals surface area contributed by atoms with Gasteiger partial charge in [-0.1, -0.05) is 32.9 Å². The van der Waals surface area contributed by atoms with E-state index in [1.54, 1.807) is 35.5 Å². The van der Waals surface area contributed by atoms with Crippen molar-refractivity contribution in [3.05, 3.63) is 41.3 Å². The minimum Gasteiger partial charge on any atom is -0.360 e. The van der Waals surface area contributed by atoms with Crippen molar-refractivity contribution in [3.8, 4) is 0 Å². The lowest BCUT2D eigenvalue weighted by molar-refractivity contribution is 0.102. The average molecular weight is 420 g/mol. The van der Waals surface area contributed by atoms with E-state index in [0.717, 1.165) is 6.42 Å². The number of nitrogens with zero attached hydrogens (tertiary/aromatic N) is 2. The number of aryl methyl sites for hydroxylation is 1. The first-order valence-electron chi connectivity index (χ1n) is 9.97. The maximum Gasteiger partial charge on any atom is 0.261 e. The molecule has 1 fully saturated rings. The number of hydrogen-bond acceptors (Lipinski definition) is 5. The van der Waals surface area contributed by atoms with Crippen LogP contribution in [0.4, 0.5) is 5.69 Å². The van der Waals surface area contributed by atoms with Crippen molar-refractivity contribution in [2.45, 2.75) is 51.9 Å². The zero-order chi connectivity index (χ0) is 21.3. The molecule has 1 N–H and O–H groups in total. The summed E-state index contributed by atoms with van der Waals surface area (Å²) in [5, 5.41) is 6.70. The van der Waals surface area contributed by atoms with Crippen molar-refractivity contribution >= 4 is 21.6 Å². The molecule has 1 aliphatic heterocycles. The third-order valence-electron chi connectivity index (χ3n) is 5.23. The molecule has 8 heteroatoms. The molecule has 1 saturated heterocycles. The van der Waals surface area contributed by atoms with Crippen LogP contribution < -0.4 is 5.32 Å². The van der Waals surface area contributed by atoms with Crippen LogP contribution in [0.2, 0.25) is 0 Å². The highest BCUT2D eigenvalue weighted by Gasteiger charge is 2.31. The number of piperidine rings is 1. The zero-order valence-corrected chi connectivity index (χ0v) is 18.4. The number of aromatic nitrogens is 1. The van der Waals surface area contributed by atoms with Gasteiger partial charge >= 0.3 is 0 Å². The van der Waals surface area contributed by atoms with Crippen LogP contribution >= 0.6 is 0 Å². The third kappa shape index (κ3) is 4.53. The normalized spacial score (nSPS) is 20.8. The number of anilines is 1. The Kier molecular flexibility index (Phi) is 6.14. The third-order valence-corrected chi connectivity index (χ3v) is 7.07. The van der Waals surface area contributed by atoms with Gasteiger partial charge in [0.05, 0.1) is 10.6 Å². The van der Waals surface area contributed by atoms with Crippen LogP contribution in [0, 0.1) is 18.8 Å². The Bertz CT molecular complexity index is 970. The number of benzene rings is 1. The fourth-order valence-corrected chi connectivity index (χ4v) is 5.59. The van der Waals surface area contributed by atoms with Crippen molar-refractivity contribution in [3.63, 3.8) is 0 Å². The molecule has 1 aromatic carbocycles. The van der Waals surface area contributed by atoms with Gasteiger partial charge in [-0.05, 0) is 49.4 Å². The van der Waals surface area contributed by atoms with Crippen LogP contribution in [0.5, 0.6) is 0 Å². The molecule has 0 bridgehead atoms. The van der Waals surface area contributed by atoms with E-state index in [9.17, 15) is 13.2 Å². The first-order chi connectivity index (χ1) is 13.6. The molecule has 1 aromatic heterocycles. The Labute approximate surface area is 172 Å².